The van der Waals surface area contributed by atoms with Gasteiger partial charge in [-0.3, -0.25) is 10.1 Å². The Morgan fingerprint density at radius 1 is 1.33 bits per heavy atom. The molecule has 1 aliphatic rings. The molecule has 1 aliphatic carbocycles. The van der Waals surface area contributed by atoms with Gasteiger partial charge in [-0.25, -0.2) is 13.1 Å². The van der Waals surface area contributed by atoms with Crippen LogP contribution in [0.2, 0.25) is 10.0 Å². The van der Waals surface area contributed by atoms with Gasteiger partial charge in [-0.05, 0) is 25.0 Å². The van der Waals surface area contributed by atoms with Crippen LogP contribution in [-0.2, 0) is 10.0 Å². The van der Waals surface area contributed by atoms with E-state index in [1.165, 1.54) is 0 Å². The number of benzene rings is 1. The fourth-order valence-corrected chi connectivity index (χ4v) is 3.58. The molecule has 18 heavy (non-hydrogen) atoms. The van der Waals surface area contributed by atoms with Gasteiger partial charge in [0.15, 0.2) is 0 Å². The number of nitro groups is 1. The van der Waals surface area contributed by atoms with Crippen LogP contribution in [0.4, 0.5) is 5.69 Å². The quantitative estimate of drug-likeness (QED) is 0.682. The third-order valence-corrected chi connectivity index (χ3v) is 4.77. The predicted molar refractivity (Wildman–Crippen MR) is 66.5 cm³/mol. The van der Waals surface area contributed by atoms with E-state index in [2.05, 4.69) is 4.72 Å². The van der Waals surface area contributed by atoms with E-state index >= 15 is 0 Å². The largest absolute Gasteiger partial charge is 0.307 e. The topological polar surface area (TPSA) is 89.3 Å². The molecule has 0 unspecified atom stereocenters. The standard InChI is InChI=1S/C9H8Cl2N2O4S/c10-6-3-4-7(8(11)9(6)13(14)15)18(16,17)12-5-1-2-5/h3-5,12H,1-2H2. The molecule has 9 heteroatoms. The van der Waals surface area contributed by atoms with E-state index in [9.17, 15) is 18.5 Å². The molecule has 1 fully saturated rings. The second-order valence-corrected chi connectivity index (χ2v) is 6.33. The summed E-state index contributed by atoms with van der Waals surface area (Å²) >= 11 is 11.4. The third kappa shape index (κ3) is 2.59. The van der Waals surface area contributed by atoms with E-state index in [1.807, 2.05) is 0 Å². The van der Waals surface area contributed by atoms with E-state index in [0.29, 0.717) is 0 Å². The minimum Gasteiger partial charge on any atom is -0.258 e. The van der Waals surface area contributed by atoms with Crippen LogP contribution in [0.1, 0.15) is 12.8 Å². The SMILES string of the molecule is O=[N+]([O-])c1c(Cl)ccc(S(=O)(=O)NC2CC2)c1Cl. The first kappa shape index (κ1) is 13.5. The molecule has 1 aromatic rings. The van der Waals surface area contributed by atoms with Crippen molar-refractivity contribution < 1.29 is 13.3 Å². The molecule has 1 aromatic carbocycles. The average molecular weight is 311 g/mol. The number of hydrogen-bond donors (Lipinski definition) is 1. The summed E-state index contributed by atoms with van der Waals surface area (Å²) < 4.78 is 26.3. The highest BCUT2D eigenvalue weighted by Crippen LogP contribution is 2.37. The van der Waals surface area contributed by atoms with Crippen molar-refractivity contribution in [3.05, 3.63) is 32.3 Å². The van der Waals surface area contributed by atoms with Gasteiger partial charge in [0, 0.05) is 6.04 Å². The number of hydrogen-bond acceptors (Lipinski definition) is 4. The number of rotatable bonds is 4. The zero-order chi connectivity index (χ0) is 13.5. The lowest BCUT2D eigenvalue weighted by Crippen LogP contribution is -2.26. The van der Waals surface area contributed by atoms with Crippen LogP contribution in [-0.4, -0.2) is 19.4 Å². The molecule has 0 saturated heterocycles. The number of nitro benzene ring substituents is 1. The summed E-state index contributed by atoms with van der Waals surface area (Å²) in [5.41, 5.74) is -0.600. The zero-order valence-electron chi connectivity index (χ0n) is 8.89. The minimum atomic E-state index is -3.85. The van der Waals surface area contributed by atoms with Crippen LogP contribution in [0.3, 0.4) is 0 Å². The molecule has 0 aliphatic heterocycles. The van der Waals surface area contributed by atoms with E-state index in [1.54, 1.807) is 0 Å². The molecule has 1 N–H and O–H groups in total. The van der Waals surface area contributed by atoms with Gasteiger partial charge in [-0.2, -0.15) is 0 Å². The van der Waals surface area contributed by atoms with Crippen LogP contribution in [0, 0.1) is 10.1 Å². The normalized spacial score (nSPS) is 15.7. The maximum Gasteiger partial charge on any atom is 0.307 e. The molecular weight excluding hydrogens is 303 g/mol. The van der Waals surface area contributed by atoms with Crippen LogP contribution in [0.15, 0.2) is 17.0 Å². The lowest BCUT2D eigenvalue weighted by molar-refractivity contribution is -0.384. The summed E-state index contributed by atoms with van der Waals surface area (Å²) in [6.45, 7) is 0. The minimum absolute atomic E-state index is 0.110. The van der Waals surface area contributed by atoms with Crippen molar-refractivity contribution in [3.63, 3.8) is 0 Å². The molecule has 98 valence electrons. The lowest BCUT2D eigenvalue weighted by Gasteiger charge is -2.08. The summed E-state index contributed by atoms with van der Waals surface area (Å²) in [4.78, 5) is 9.65. The smallest absolute Gasteiger partial charge is 0.258 e. The monoisotopic (exact) mass is 310 g/mol. The number of nitrogens with zero attached hydrogens (tertiary/aromatic N) is 1. The van der Waals surface area contributed by atoms with Crippen molar-refractivity contribution in [3.8, 4) is 0 Å². The fourth-order valence-electron chi connectivity index (χ4n) is 1.38. The first-order chi connectivity index (χ1) is 8.33. The summed E-state index contributed by atoms with van der Waals surface area (Å²) in [5, 5.41) is 10.1. The van der Waals surface area contributed by atoms with Crippen LogP contribution in [0.5, 0.6) is 0 Å². The molecule has 0 radical (unpaired) electrons. The van der Waals surface area contributed by atoms with Gasteiger partial charge < -0.3 is 0 Å². The van der Waals surface area contributed by atoms with Crippen molar-refractivity contribution in [2.24, 2.45) is 0 Å². The third-order valence-electron chi connectivity index (χ3n) is 2.40. The first-order valence-electron chi connectivity index (χ1n) is 4.97. The second-order valence-electron chi connectivity index (χ2n) is 3.86. The molecule has 0 amide bonds. The first-order valence-corrected chi connectivity index (χ1v) is 7.21. The van der Waals surface area contributed by atoms with Crippen molar-refractivity contribution in [2.45, 2.75) is 23.8 Å². The zero-order valence-corrected chi connectivity index (χ0v) is 11.2. The van der Waals surface area contributed by atoms with Gasteiger partial charge in [0.1, 0.15) is 14.9 Å². The number of nitrogens with one attached hydrogen (secondary N) is 1. The van der Waals surface area contributed by atoms with Crippen molar-refractivity contribution in [1.82, 2.24) is 4.72 Å². The highest BCUT2D eigenvalue weighted by molar-refractivity contribution is 7.89. The van der Waals surface area contributed by atoms with Gasteiger partial charge in [0.05, 0.1) is 4.92 Å². The molecule has 0 atom stereocenters. The maximum atomic E-state index is 11.9. The Hall–Kier alpha value is -0.890. The Bertz CT molecular complexity index is 613. The van der Waals surface area contributed by atoms with Gasteiger partial charge in [-0.1, -0.05) is 23.2 Å². The Kier molecular flexibility index (Phi) is 3.50. The molecular formula is C9H8Cl2N2O4S. The average Bonchev–Trinajstić information content (AvgIpc) is 2.99. The molecule has 0 heterocycles. The molecule has 2 rings (SSSR count). The molecule has 6 nitrogen and oxygen atoms in total. The van der Waals surface area contributed by atoms with E-state index in [0.717, 1.165) is 25.0 Å². The maximum absolute atomic E-state index is 11.9. The summed E-state index contributed by atoms with van der Waals surface area (Å²) in [6, 6.07) is 2.19. The van der Waals surface area contributed by atoms with Crippen LogP contribution < -0.4 is 4.72 Å². The summed E-state index contributed by atoms with van der Waals surface area (Å²) in [6.07, 6.45) is 1.51. The van der Waals surface area contributed by atoms with Gasteiger partial charge in [-0.15, -0.1) is 0 Å². The molecule has 1 saturated carbocycles. The Morgan fingerprint density at radius 3 is 2.44 bits per heavy atom. The Balaban J connectivity index is 2.51. The molecule has 0 spiro atoms. The van der Waals surface area contributed by atoms with Gasteiger partial charge in [0.25, 0.3) is 0 Å². The van der Waals surface area contributed by atoms with Gasteiger partial charge in [0.2, 0.25) is 10.0 Å². The Morgan fingerprint density at radius 2 is 1.94 bits per heavy atom. The highest BCUT2D eigenvalue weighted by Gasteiger charge is 2.32. The number of sulfonamides is 1. The van der Waals surface area contributed by atoms with Crippen LogP contribution >= 0.6 is 23.2 Å². The molecule has 0 aromatic heterocycles. The summed E-state index contributed by atoms with van der Waals surface area (Å²) in [5.74, 6) is 0. The van der Waals surface area contributed by atoms with E-state index in [4.69, 9.17) is 23.2 Å². The van der Waals surface area contributed by atoms with Crippen LogP contribution in [0.25, 0.3) is 0 Å². The second kappa shape index (κ2) is 4.65. The van der Waals surface area contributed by atoms with Gasteiger partial charge >= 0.3 is 5.69 Å². The number of halogens is 2. The fraction of sp³-hybridized carbons (Fsp3) is 0.333. The van der Waals surface area contributed by atoms with Crippen molar-refractivity contribution in [1.29, 1.82) is 0 Å². The van der Waals surface area contributed by atoms with Crippen molar-refractivity contribution in [2.75, 3.05) is 0 Å². The van der Waals surface area contributed by atoms with Crippen molar-refractivity contribution >= 4 is 38.9 Å². The Labute approximate surface area is 113 Å². The molecule has 0 bridgehead atoms. The predicted octanol–water partition coefficient (Wildman–Crippen LogP) is 2.34. The van der Waals surface area contributed by atoms with E-state index < -0.39 is 25.7 Å². The highest BCUT2D eigenvalue weighted by atomic mass is 35.5. The summed E-state index contributed by atoms with van der Waals surface area (Å²) in [7, 11) is -3.85. The lowest BCUT2D eigenvalue weighted by atomic mass is 10.3. The van der Waals surface area contributed by atoms with E-state index in [-0.39, 0.29) is 16.0 Å².